The number of methoxy groups -OCH3 is 1. The molecule has 0 bridgehead atoms. The highest BCUT2D eigenvalue weighted by Gasteiger charge is 2.38. The molecule has 1 saturated heterocycles. The van der Waals surface area contributed by atoms with Crippen LogP contribution in [0.3, 0.4) is 0 Å². The van der Waals surface area contributed by atoms with Crippen molar-refractivity contribution in [2.45, 2.75) is 59.1 Å². The van der Waals surface area contributed by atoms with Crippen molar-refractivity contribution in [2.24, 2.45) is 5.41 Å². The maximum absolute atomic E-state index is 12.6. The van der Waals surface area contributed by atoms with E-state index in [1.165, 1.54) is 0 Å². The molecule has 1 fully saturated rings. The van der Waals surface area contributed by atoms with Crippen LogP contribution in [-0.2, 0) is 14.3 Å². The molecule has 0 aromatic heterocycles. The molecular weight excluding hydrogens is 256 g/mol. The van der Waals surface area contributed by atoms with Crippen LogP contribution < -0.4 is 5.32 Å². The third kappa shape index (κ3) is 4.47. The van der Waals surface area contributed by atoms with Crippen molar-refractivity contribution in [1.29, 1.82) is 0 Å². The average molecular weight is 284 g/mol. The topological polar surface area (TPSA) is 58.6 Å². The first-order valence-corrected chi connectivity index (χ1v) is 7.20. The van der Waals surface area contributed by atoms with Gasteiger partial charge in [-0.05, 0) is 25.7 Å². The fourth-order valence-electron chi connectivity index (χ4n) is 2.14. The number of carbonyl (C=O) groups is 2. The fraction of sp³-hybridized carbons (Fsp3) is 0.867. The largest absolute Gasteiger partial charge is 0.379 e. The molecule has 1 rings (SSSR count). The van der Waals surface area contributed by atoms with Crippen LogP contribution in [0.2, 0.25) is 0 Å². The molecule has 0 aromatic carbocycles. The van der Waals surface area contributed by atoms with Crippen LogP contribution in [0.15, 0.2) is 0 Å². The molecule has 1 atom stereocenters. The summed E-state index contributed by atoms with van der Waals surface area (Å²) in [6.07, 6.45) is 1.12. The van der Waals surface area contributed by atoms with Crippen molar-refractivity contribution in [3.8, 4) is 0 Å². The first-order chi connectivity index (χ1) is 9.07. The van der Waals surface area contributed by atoms with Crippen LogP contribution in [0, 0.1) is 5.41 Å². The smallest absolute Gasteiger partial charge is 0.245 e. The van der Waals surface area contributed by atoms with Crippen molar-refractivity contribution < 1.29 is 14.3 Å². The van der Waals surface area contributed by atoms with Gasteiger partial charge in [0.05, 0.1) is 5.60 Å². The molecular formula is C15H28N2O3. The van der Waals surface area contributed by atoms with E-state index in [1.807, 2.05) is 34.6 Å². The molecule has 20 heavy (non-hydrogen) atoms. The summed E-state index contributed by atoms with van der Waals surface area (Å²) in [4.78, 5) is 26.2. The molecule has 1 heterocycles. The number of carbonyl (C=O) groups excluding carboxylic acids is 2. The summed E-state index contributed by atoms with van der Waals surface area (Å²) in [5, 5.41) is 2.85. The molecule has 0 radical (unpaired) electrons. The maximum atomic E-state index is 12.6. The highest BCUT2D eigenvalue weighted by Crippen LogP contribution is 2.24. The lowest BCUT2D eigenvalue weighted by Gasteiger charge is -2.33. The number of nitrogens with one attached hydrogen (secondary N) is 1. The summed E-state index contributed by atoms with van der Waals surface area (Å²) in [5.41, 5.74) is -0.548. The Labute approximate surface area is 122 Å². The van der Waals surface area contributed by atoms with E-state index in [4.69, 9.17) is 4.74 Å². The van der Waals surface area contributed by atoms with Crippen LogP contribution in [0.4, 0.5) is 0 Å². The lowest BCUT2D eigenvalue weighted by molar-refractivity contribution is -0.137. The molecule has 5 nitrogen and oxygen atoms in total. The number of amides is 2. The molecule has 2 amide bonds. The molecule has 1 aliphatic rings. The third-order valence-corrected chi connectivity index (χ3v) is 3.88. The number of rotatable bonds is 4. The second kappa shape index (κ2) is 6.12. The Balaban J connectivity index is 2.80. The summed E-state index contributed by atoms with van der Waals surface area (Å²) in [6, 6.07) is -0.455. The molecule has 5 heteroatoms. The monoisotopic (exact) mass is 284 g/mol. The van der Waals surface area contributed by atoms with Gasteiger partial charge in [0.1, 0.15) is 6.04 Å². The van der Waals surface area contributed by atoms with Crippen LogP contribution in [0.1, 0.15) is 47.5 Å². The minimum atomic E-state index is -0.455. The fourth-order valence-corrected chi connectivity index (χ4v) is 2.14. The van der Waals surface area contributed by atoms with E-state index in [0.29, 0.717) is 19.5 Å². The Kier molecular flexibility index (Phi) is 5.19. The van der Waals surface area contributed by atoms with E-state index in [1.54, 1.807) is 12.0 Å². The van der Waals surface area contributed by atoms with Gasteiger partial charge in [-0.3, -0.25) is 9.59 Å². The molecule has 1 aliphatic heterocycles. The molecule has 116 valence electrons. The summed E-state index contributed by atoms with van der Waals surface area (Å²) in [5.74, 6) is -0.0398. The number of ether oxygens (including phenoxy) is 1. The van der Waals surface area contributed by atoms with E-state index in [0.717, 1.165) is 6.42 Å². The van der Waals surface area contributed by atoms with Crippen LogP contribution in [-0.4, -0.2) is 48.6 Å². The zero-order valence-electron chi connectivity index (χ0n) is 13.6. The van der Waals surface area contributed by atoms with Crippen LogP contribution in [0.25, 0.3) is 0 Å². The molecule has 0 saturated carbocycles. The van der Waals surface area contributed by atoms with Gasteiger partial charge in [0.25, 0.3) is 0 Å². The van der Waals surface area contributed by atoms with Gasteiger partial charge in [-0.2, -0.15) is 0 Å². The summed E-state index contributed by atoms with van der Waals surface area (Å²) in [7, 11) is 1.67. The standard InChI is InChI=1S/C15H28N2O3/c1-14(2,3)12-13(19)17(9-7-11(18)16-12)10-8-15(4,5)20-6/h12H,7-10H2,1-6H3,(H,16,18). The Morgan fingerprint density at radius 1 is 1.25 bits per heavy atom. The average Bonchev–Trinajstić information content (AvgIpc) is 2.47. The second-order valence-corrected chi connectivity index (χ2v) is 7.16. The highest BCUT2D eigenvalue weighted by molar-refractivity contribution is 5.90. The van der Waals surface area contributed by atoms with Gasteiger partial charge in [0.15, 0.2) is 0 Å². The molecule has 0 aliphatic carbocycles. The predicted molar refractivity (Wildman–Crippen MR) is 78.3 cm³/mol. The zero-order chi connectivity index (χ0) is 15.6. The minimum Gasteiger partial charge on any atom is -0.379 e. The van der Waals surface area contributed by atoms with E-state index < -0.39 is 6.04 Å². The minimum absolute atomic E-state index is 0.00949. The Morgan fingerprint density at radius 3 is 2.35 bits per heavy atom. The summed E-state index contributed by atoms with van der Waals surface area (Å²) >= 11 is 0. The lowest BCUT2D eigenvalue weighted by Crippen LogP contribution is -2.52. The number of hydrogen-bond acceptors (Lipinski definition) is 3. The van der Waals surface area contributed by atoms with Gasteiger partial charge < -0.3 is 15.0 Å². The highest BCUT2D eigenvalue weighted by atomic mass is 16.5. The van der Waals surface area contributed by atoms with E-state index in [9.17, 15) is 9.59 Å². The van der Waals surface area contributed by atoms with Crippen molar-refractivity contribution >= 4 is 11.8 Å². The molecule has 1 unspecified atom stereocenters. The SMILES string of the molecule is COC(C)(C)CCN1CCC(=O)NC(C(C)(C)C)C1=O. The van der Waals surface area contributed by atoms with E-state index in [-0.39, 0.29) is 22.8 Å². The maximum Gasteiger partial charge on any atom is 0.245 e. The number of nitrogens with zero attached hydrogens (tertiary/aromatic N) is 1. The van der Waals surface area contributed by atoms with Crippen LogP contribution in [0.5, 0.6) is 0 Å². The molecule has 0 aromatic rings. The van der Waals surface area contributed by atoms with Crippen molar-refractivity contribution in [3.63, 3.8) is 0 Å². The second-order valence-electron chi connectivity index (χ2n) is 7.16. The molecule has 1 N–H and O–H groups in total. The normalized spacial score (nSPS) is 21.7. The Hall–Kier alpha value is -1.10. The van der Waals surface area contributed by atoms with Gasteiger partial charge in [-0.1, -0.05) is 20.8 Å². The van der Waals surface area contributed by atoms with Crippen LogP contribution >= 0.6 is 0 Å². The van der Waals surface area contributed by atoms with Gasteiger partial charge in [-0.15, -0.1) is 0 Å². The molecule has 0 spiro atoms. The van der Waals surface area contributed by atoms with Gasteiger partial charge >= 0.3 is 0 Å². The first kappa shape index (κ1) is 17.0. The summed E-state index contributed by atoms with van der Waals surface area (Å²) in [6.45, 7) is 11.0. The van der Waals surface area contributed by atoms with E-state index >= 15 is 0 Å². The zero-order valence-corrected chi connectivity index (χ0v) is 13.6. The predicted octanol–water partition coefficient (Wildman–Crippen LogP) is 1.56. The van der Waals surface area contributed by atoms with Gasteiger partial charge in [0, 0.05) is 26.6 Å². The van der Waals surface area contributed by atoms with Crippen molar-refractivity contribution in [1.82, 2.24) is 10.2 Å². The first-order valence-electron chi connectivity index (χ1n) is 7.20. The van der Waals surface area contributed by atoms with E-state index in [2.05, 4.69) is 5.32 Å². The van der Waals surface area contributed by atoms with Crippen molar-refractivity contribution in [2.75, 3.05) is 20.2 Å². The Morgan fingerprint density at radius 2 is 1.85 bits per heavy atom. The quantitative estimate of drug-likeness (QED) is 0.852. The Bertz CT molecular complexity index is 372. The van der Waals surface area contributed by atoms with Gasteiger partial charge in [0.2, 0.25) is 11.8 Å². The van der Waals surface area contributed by atoms with Crippen molar-refractivity contribution in [3.05, 3.63) is 0 Å². The third-order valence-electron chi connectivity index (χ3n) is 3.88. The lowest BCUT2D eigenvalue weighted by atomic mass is 9.86. The number of hydrogen-bond donors (Lipinski definition) is 1. The van der Waals surface area contributed by atoms with Gasteiger partial charge in [-0.25, -0.2) is 0 Å². The summed E-state index contributed by atoms with van der Waals surface area (Å²) < 4.78 is 5.39.